The number of nitrogens with zero attached hydrogens (tertiary/aromatic N) is 1. The second kappa shape index (κ2) is 9.03. The number of amides is 1. The fourth-order valence-corrected chi connectivity index (χ4v) is 3.64. The number of rotatable bonds is 8. The maximum Gasteiger partial charge on any atom is 0.290 e. The van der Waals surface area contributed by atoms with E-state index in [1.807, 2.05) is 44.2 Å². The van der Waals surface area contributed by atoms with Crippen LogP contribution in [0.4, 0.5) is 0 Å². The summed E-state index contributed by atoms with van der Waals surface area (Å²) in [6.07, 6.45) is 0.219. The highest BCUT2D eigenvalue weighted by atomic mass is 16.5. The Kier molecular flexibility index (Phi) is 6.45. The van der Waals surface area contributed by atoms with E-state index >= 15 is 0 Å². The molecule has 0 aliphatic carbocycles. The summed E-state index contributed by atoms with van der Waals surface area (Å²) in [5.41, 5.74) is 1.68. The van der Waals surface area contributed by atoms with Crippen LogP contribution in [0.15, 0.2) is 59.9 Å². The highest BCUT2D eigenvalue weighted by molar-refractivity contribution is 6.08. The molecule has 0 bridgehead atoms. The Bertz CT molecular complexity index is 979. The van der Waals surface area contributed by atoms with Crippen molar-refractivity contribution >= 4 is 11.7 Å². The molecule has 2 aromatic carbocycles. The van der Waals surface area contributed by atoms with Crippen molar-refractivity contribution in [2.45, 2.75) is 45.9 Å². The van der Waals surface area contributed by atoms with Gasteiger partial charge in [0.25, 0.3) is 5.91 Å². The largest absolute Gasteiger partial charge is 0.503 e. The average molecular weight is 409 g/mol. The van der Waals surface area contributed by atoms with Crippen molar-refractivity contribution in [3.8, 4) is 11.5 Å². The summed E-state index contributed by atoms with van der Waals surface area (Å²) in [5, 5.41) is 10.6. The molecule has 0 saturated carbocycles. The molecule has 2 aromatic rings. The van der Waals surface area contributed by atoms with Crippen LogP contribution in [0.5, 0.6) is 11.5 Å². The van der Waals surface area contributed by atoms with Crippen molar-refractivity contribution in [1.82, 2.24) is 4.90 Å². The number of hydrogen-bond donors (Lipinski definition) is 1. The van der Waals surface area contributed by atoms with E-state index in [-0.39, 0.29) is 30.4 Å². The highest BCUT2D eigenvalue weighted by Crippen LogP contribution is 2.40. The smallest absolute Gasteiger partial charge is 0.290 e. The van der Waals surface area contributed by atoms with Crippen molar-refractivity contribution in [2.75, 3.05) is 7.11 Å². The first kappa shape index (κ1) is 21.4. The van der Waals surface area contributed by atoms with Crippen LogP contribution in [0.3, 0.4) is 0 Å². The maximum absolute atomic E-state index is 12.9. The van der Waals surface area contributed by atoms with Gasteiger partial charge in [-0.05, 0) is 49.2 Å². The molecule has 1 unspecified atom stereocenters. The van der Waals surface area contributed by atoms with E-state index in [0.29, 0.717) is 17.1 Å². The number of benzene rings is 2. The molecule has 6 nitrogen and oxygen atoms in total. The third kappa shape index (κ3) is 4.32. The van der Waals surface area contributed by atoms with Gasteiger partial charge < -0.3 is 19.5 Å². The summed E-state index contributed by atoms with van der Waals surface area (Å²) in [5.74, 6) is 0.0168. The van der Waals surface area contributed by atoms with Gasteiger partial charge in [-0.15, -0.1) is 0 Å². The lowest BCUT2D eigenvalue weighted by atomic mass is 9.94. The molecular formula is C24H27NO5. The van der Waals surface area contributed by atoms with E-state index in [1.165, 1.54) is 4.90 Å². The Labute approximate surface area is 176 Å². The first-order valence-electron chi connectivity index (χ1n) is 10.0. The Hall–Kier alpha value is -3.28. The maximum atomic E-state index is 12.9. The second-order valence-electron chi connectivity index (χ2n) is 7.47. The minimum Gasteiger partial charge on any atom is -0.503 e. The Morgan fingerprint density at radius 3 is 2.50 bits per heavy atom. The molecular weight excluding hydrogens is 382 g/mol. The zero-order valence-electron chi connectivity index (χ0n) is 17.7. The lowest BCUT2D eigenvalue weighted by Crippen LogP contribution is -2.30. The summed E-state index contributed by atoms with van der Waals surface area (Å²) in [4.78, 5) is 27.1. The molecule has 0 saturated heterocycles. The Morgan fingerprint density at radius 2 is 1.83 bits per heavy atom. The Balaban J connectivity index is 2.01. The van der Waals surface area contributed by atoms with Crippen LogP contribution in [0, 0.1) is 0 Å². The molecule has 0 aromatic heterocycles. The predicted molar refractivity (Wildman–Crippen MR) is 113 cm³/mol. The summed E-state index contributed by atoms with van der Waals surface area (Å²) in [6.45, 7) is 5.83. The molecule has 1 heterocycles. The minimum atomic E-state index is -0.685. The van der Waals surface area contributed by atoms with Gasteiger partial charge in [0.1, 0.15) is 11.5 Å². The number of hydrogen-bond acceptors (Lipinski definition) is 5. The van der Waals surface area contributed by atoms with Gasteiger partial charge >= 0.3 is 0 Å². The fraction of sp³-hybridized carbons (Fsp3) is 0.333. The lowest BCUT2D eigenvalue weighted by molar-refractivity contribution is -0.130. The van der Waals surface area contributed by atoms with Gasteiger partial charge in [-0.2, -0.15) is 0 Å². The van der Waals surface area contributed by atoms with Crippen molar-refractivity contribution in [3.05, 3.63) is 71.0 Å². The molecule has 0 spiro atoms. The molecule has 30 heavy (non-hydrogen) atoms. The third-order valence-corrected chi connectivity index (χ3v) is 4.96. The third-order valence-electron chi connectivity index (χ3n) is 4.96. The molecule has 1 aliphatic heterocycles. The van der Waals surface area contributed by atoms with Crippen LogP contribution in [-0.2, 0) is 16.1 Å². The van der Waals surface area contributed by atoms with Crippen LogP contribution in [0.2, 0.25) is 0 Å². The number of carbonyl (C=O) groups is 2. The normalized spacial score (nSPS) is 16.4. The van der Waals surface area contributed by atoms with Gasteiger partial charge in [0, 0.05) is 13.0 Å². The molecule has 1 amide bonds. The summed E-state index contributed by atoms with van der Waals surface area (Å²) < 4.78 is 11.1. The predicted octanol–water partition coefficient (Wildman–Crippen LogP) is 4.36. The van der Waals surface area contributed by atoms with Crippen LogP contribution >= 0.6 is 0 Å². The highest BCUT2D eigenvalue weighted by Gasteiger charge is 2.43. The summed E-state index contributed by atoms with van der Waals surface area (Å²) in [7, 11) is 1.56. The zero-order chi connectivity index (χ0) is 21.8. The van der Waals surface area contributed by atoms with Gasteiger partial charge in [-0.3, -0.25) is 9.59 Å². The fourth-order valence-electron chi connectivity index (χ4n) is 3.64. The molecule has 1 aliphatic rings. The van der Waals surface area contributed by atoms with E-state index in [1.54, 1.807) is 32.2 Å². The standard InChI is InChI=1S/C24H27NO5/c1-5-20(26)21-22(17-9-7-10-18(13-17)29-4)25(24(28)23(21)27)14-16-8-6-11-19(12-16)30-15(2)3/h6-13,15,22,27H,5,14H2,1-4H3. The number of ketones is 1. The molecule has 0 fully saturated rings. The van der Waals surface area contributed by atoms with E-state index < -0.39 is 17.7 Å². The summed E-state index contributed by atoms with van der Waals surface area (Å²) >= 11 is 0. The average Bonchev–Trinajstić information content (AvgIpc) is 2.98. The van der Waals surface area contributed by atoms with Gasteiger partial charge in [0.15, 0.2) is 11.5 Å². The molecule has 158 valence electrons. The molecule has 1 N–H and O–H groups in total. The topological polar surface area (TPSA) is 76.1 Å². The molecule has 0 radical (unpaired) electrons. The number of methoxy groups -OCH3 is 1. The van der Waals surface area contributed by atoms with Crippen LogP contribution < -0.4 is 9.47 Å². The molecule has 6 heteroatoms. The first-order valence-corrected chi connectivity index (χ1v) is 10.0. The minimum absolute atomic E-state index is 0.0256. The van der Waals surface area contributed by atoms with Gasteiger partial charge in [-0.25, -0.2) is 0 Å². The van der Waals surface area contributed by atoms with E-state index in [4.69, 9.17) is 9.47 Å². The monoisotopic (exact) mass is 409 g/mol. The first-order chi connectivity index (χ1) is 14.3. The van der Waals surface area contributed by atoms with Gasteiger partial charge in [-0.1, -0.05) is 31.2 Å². The molecule has 3 rings (SSSR count). The van der Waals surface area contributed by atoms with E-state index in [0.717, 1.165) is 5.56 Å². The lowest BCUT2D eigenvalue weighted by Gasteiger charge is -2.27. The van der Waals surface area contributed by atoms with Crippen LogP contribution in [-0.4, -0.2) is 34.9 Å². The van der Waals surface area contributed by atoms with Crippen LogP contribution in [0.1, 0.15) is 44.4 Å². The Morgan fingerprint density at radius 1 is 1.13 bits per heavy atom. The van der Waals surface area contributed by atoms with Gasteiger partial charge in [0.05, 0.1) is 24.8 Å². The van der Waals surface area contributed by atoms with Crippen molar-refractivity contribution in [1.29, 1.82) is 0 Å². The zero-order valence-corrected chi connectivity index (χ0v) is 17.7. The van der Waals surface area contributed by atoms with Crippen LogP contribution in [0.25, 0.3) is 0 Å². The number of aliphatic hydroxyl groups is 1. The van der Waals surface area contributed by atoms with E-state index in [9.17, 15) is 14.7 Å². The second-order valence-corrected chi connectivity index (χ2v) is 7.47. The van der Waals surface area contributed by atoms with Crippen molar-refractivity contribution in [2.24, 2.45) is 0 Å². The molecule has 1 atom stereocenters. The number of aliphatic hydroxyl groups excluding tert-OH is 1. The summed E-state index contributed by atoms with van der Waals surface area (Å²) in [6, 6.07) is 14.0. The number of ether oxygens (including phenoxy) is 2. The van der Waals surface area contributed by atoms with Crippen molar-refractivity contribution in [3.63, 3.8) is 0 Å². The van der Waals surface area contributed by atoms with Gasteiger partial charge in [0.2, 0.25) is 0 Å². The SMILES string of the molecule is CCC(=O)C1=C(O)C(=O)N(Cc2cccc(OC(C)C)c2)C1c1cccc(OC)c1. The number of Topliss-reactive ketones (excluding diaryl/α,β-unsaturated/α-hetero) is 1. The van der Waals surface area contributed by atoms with Crippen molar-refractivity contribution < 1.29 is 24.2 Å². The number of carbonyl (C=O) groups excluding carboxylic acids is 2. The quantitative estimate of drug-likeness (QED) is 0.701. The van der Waals surface area contributed by atoms with E-state index in [2.05, 4.69) is 0 Å².